The summed E-state index contributed by atoms with van der Waals surface area (Å²) in [7, 11) is 0. The molecule has 1 fully saturated rings. The summed E-state index contributed by atoms with van der Waals surface area (Å²) in [5, 5.41) is 3.63. The molecule has 110 valence electrons. The van der Waals surface area contributed by atoms with Crippen LogP contribution in [0.2, 0.25) is 5.02 Å². The molecule has 0 atom stereocenters. The van der Waals surface area contributed by atoms with Gasteiger partial charge in [0.25, 0.3) is 0 Å². The number of hydrogen-bond donors (Lipinski definition) is 1. The summed E-state index contributed by atoms with van der Waals surface area (Å²) in [6, 6.07) is 9.79. The van der Waals surface area contributed by atoms with Crippen LogP contribution in [0.3, 0.4) is 0 Å². The molecular formula is C16H13ClF3N. The van der Waals surface area contributed by atoms with Crippen molar-refractivity contribution in [2.75, 3.05) is 5.32 Å². The maximum atomic E-state index is 13.6. The maximum absolute atomic E-state index is 13.6. The van der Waals surface area contributed by atoms with E-state index in [1.54, 1.807) is 0 Å². The first-order chi connectivity index (χ1) is 10.1. The summed E-state index contributed by atoms with van der Waals surface area (Å²) >= 11 is 6.13. The molecule has 1 saturated carbocycles. The van der Waals surface area contributed by atoms with Crippen molar-refractivity contribution < 1.29 is 13.2 Å². The Kier molecular flexibility index (Phi) is 3.81. The molecule has 0 saturated heterocycles. The van der Waals surface area contributed by atoms with E-state index in [2.05, 4.69) is 5.32 Å². The highest BCUT2D eigenvalue weighted by Crippen LogP contribution is 2.41. The molecular weight excluding hydrogens is 299 g/mol. The average Bonchev–Trinajstić information content (AvgIpc) is 2.43. The van der Waals surface area contributed by atoms with Crippen LogP contribution in [-0.4, -0.2) is 6.04 Å². The molecule has 0 radical (unpaired) electrons. The maximum Gasteiger partial charge on any atom is 0.196 e. The van der Waals surface area contributed by atoms with Crippen molar-refractivity contribution >= 4 is 17.3 Å². The second-order valence-corrected chi connectivity index (χ2v) is 5.66. The molecule has 21 heavy (non-hydrogen) atoms. The summed E-state index contributed by atoms with van der Waals surface area (Å²) in [6.45, 7) is 0. The monoisotopic (exact) mass is 311 g/mol. The Balaban J connectivity index is 1.66. The smallest absolute Gasteiger partial charge is 0.196 e. The Hall–Kier alpha value is -1.68. The molecule has 1 N–H and O–H groups in total. The van der Waals surface area contributed by atoms with Gasteiger partial charge in [-0.15, -0.1) is 0 Å². The van der Waals surface area contributed by atoms with Crippen LogP contribution in [0, 0.1) is 17.5 Å². The number of nitrogens with one attached hydrogen (secondary N) is 1. The Morgan fingerprint density at radius 3 is 2.38 bits per heavy atom. The van der Waals surface area contributed by atoms with E-state index in [4.69, 9.17) is 11.6 Å². The fraction of sp³-hybridized carbons (Fsp3) is 0.250. The van der Waals surface area contributed by atoms with Crippen LogP contribution in [0.4, 0.5) is 18.9 Å². The van der Waals surface area contributed by atoms with E-state index in [1.807, 2.05) is 24.3 Å². The van der Waals surface area contributed by atoms with E-state index in [0.717, 1.165) is 29.5 Å². The second-order valence-electron chi connectivity index (χ2n) is 5.25. The van der Waals surface area contributed by atoms with Crippen LogP contribution in [0.15, 0.2) is 36.4 Å². The molecule has 0 amide bonds. The molecule has 2 aromatic rings. The van der Waals surface area contributed by atoms with Crippen molar-refractivity contribution in [3.05, 3.63) is 64.4 Å². The van der Waals surface area contributed by atoms with Crippen LogP contribution in [0.5, 0.6) is 0 Å². The predicted octanol–water partition coefficient (Wildman–Crippen LogP) is 5.12. The fourth-order valence-electron chi connectivity index (χ4n) is 2.65. The number of anilines is 1. The molecule has 5 heteroatoms. The molecule has 0 spiro atoms. The standard InChI is InChI=1S/C16H13ClF3N/c17-12-4-2-1-3-11(12)9-7-10(8-9)21-14-6-5-13(18)15(19)16(14)20/h1-6,9-10,21H,7-8H2. The Bertz CT molecular complexity index is 669. The van der Waals surface area contributed by atoms with Gasteiger partial charge in [0.1, 0.15) is 0 Å². The Morgan fingerprint density at radius 2 is 1.67 bits per heavy atom. The van der Waals surface area contributed by atoms with E-state index in [1.165, 1.54) is 6.07 Å². The zero-order valence-electron chi connectivity index (χ0n) is 11.0. The van der Waals surface area contributed by atoms with Crippen LogP contribution in [0.1, 0.15) is 24.3 Å². The van der Waals surface area contributed by atoms with Gasteiger partial charge in [-0.25, -0.2) is 13.2 Å². The van der Waals surface area contributed by atoms with Crippen molar-refractivity contribution in [3.8, 4) is 0 Å². The minimum absolute atomic E-state index is 0.00323. The lowest BCUT2D eigenvalue weighted by atomic mass is 9.76. The van der Waals surface area contributed by atoms with Crippen molar-refractivity contribution in [1.29, 1.82) is 0 Å². The second kappa shape index (κ2) is 5.60. The molecule has 0 heterocycles. The third kappa shape index (κ3) is 2.72. The van der Waals surface area contributed by atoms with Crippen LogP contribution < -0.4 is 5.32 Å². The summed E-state index contributed by atoms with van der Waals surface area (Å²) in [5.41, 5.74) is 1.07. The molecule has 0 unspecified atom stereocenters. The lowest BCUT2D eigenvalue weighted by molar-refractivity contribution is 0.371. The molecule has 1 aliphatic carbocycles. The van der Waals surface area contributed by atoms with E-state index in [-0.39, 0.29) is 11.7 Å². The average molecular weight is 312 g/mol. The summed E-state index contributed by atoms with van der Waals surface area (Å²) < 4.78 is 39.6. The number of halogens is 4. The third-order valence-corrected chi connectivity index (χ3v) is 4.22. The lowest BCUT2D eigenvalue weighted by Crippen LogP contribution is -2.34. The van der Waals surface area contributed by atoms with Gasteiger partial charge < -0.3 is 5.32 Å². The largest absolute Gasteiger partial charge is 0.380 e. The summed E-state index contributed by atoms with van der Waals surface area (Å²) in [6.07, 6.45) is 1.56. The van der Waals surface area contributed by atoms with Crippen molar-refractivity contribution in [3.63, 3.8) is 0 Å². The first-order valence-corrected chi connectivity index (χ1v) is 7.08. The van der Waals surface area contributed by atoms with Gasteiger partial charge in [-0.3, -0.25) is 0 Å². The van der Waals surface area contributed by atoms with Crippen LogP contribution in [0.25, 0.3) is 0 Å². The van der Waals surface area contributed by atoms with E-state index in [0.29, 0.717) is 5.92 Å². The molecule has 2 aromatic carbocycles. The van der Waals surface area contributed by atoms with Gasteiger partial charge >= 0.3 is 0 Å². The van der Waals surface area contributed by atoms with Gasteiger partial charge in [0.15, 0.2) is 17.5 Å². The van der Waals surface area contributed by atoms with E-state index in [9.17, 15) is 13.2 Å². The van der Waals surface area contributed by atoms with Gasteiger partial charge in [-0.05, 0) is 42.5 Å². The lowest BCUT2D eigenvalue weighted by Gasteiger charge is -2.37. The third-order valence-electron chi connectivity index (χ3n) is 3.88. The summed E-state index contributed by atoms with van der Waals surface area (Å²) in [4.78, 5) is 0. The SMILES string of the molecule is Fc1ccc(NC2CC(c3ccccc3Cl)C2)c(F)c1F. The Labute approximate surface area is 125 Å². The molecule has 3 rings (SSSR count). The quantitative estimate of drug-likeness (QED) is 0.776. The highest BCUT2D eigenvalue weighted by molar-refractivity contribution is 6.31. The molecule has 0 aromatic heterocycles. The van der Waals surface area contributed by atoms with Gasteiger partial charge in [-0.2, -0.15) is 0 Å². The van der Waals surface area contributed by atoms with Gasteiger partial charge in [-0.1, -0.05) is 29.8 Å². The molecule has 0 aliphatic heterocycles. The first-order valence-electron chi connectivity index (χ1n) is 6.70. The van der Waals surface area contributed by atoms with Crippen molar-refractivity contribution in [2.24, 2.45) is 0 Å². The topological polar surface area (TPSA) is 12.0 Å². The van der Waals surface area contributed by atoms with Crippen molar-refractivity contribution in [2.45, 2.75) is 24.8 Å². The zero-order valence-corrected chi connectivity index (χ0v) is 11.8. The minimum Gasteiger partial charge on any atom is -0.380 e. The Morgan fingerprint density at radius 1 is 0.952 bits per heavy atom. The molecule has 0 bridgehead atoms. The van der Waals surface area contributed by atoms with Gasteiger partial charge in [0.2, 0.25) is 0 Å². The normalized spacial score (nSPS) is 21.0. The number of hydrogen-bond acceptors (Lipinski definition) is 1. The summed E-state index contributed by atoms with van der Waals surface area (Å²) in [5.74, 6) is -3.48. The van der Waals surface area contributed by atoms with Crippen LogP contribution >= 0.6 is 11.6 Å². The zero-order chi connectivity index (χ0) is 15.0. The highest BCUT2D eigenvalue weighted by Gasteiger charge is 2.32. The fourth-order valence-corrected chi connectivity index (χ4v) is 2.94. The van der Waals surface area contributed by atoms with Gasteiger partial charge in [0.05, 0.1) is 5.69 Å². The first kappa shape index (κ1) is 14.3. The predicted molar refractivity (Wildman–Crippen MR) is 77.2 cm³/mol. The minimum atomic E-state index is -1.44. The molecule has 1 nitrogen and oxygen atoms in total. The number of rotatable bonds is 3. The van der Waals surface area contributed by atoms with Gasteiger partial charge in [0, 0.05) is 11.1 Å². The van der Waals surface area contributed by atoms with Crippen molar-refractivity contribution in [1.82, 2.24) is 0 Å². The van der Waals surface area contributed by atoms with Crippen LogP contribution in [-0.2, 0) is 0 Å². The molecule has 1 aliphatic rings. The van der Waals surface area contributed by atoms with E-state index < -0.39 is 17.5 Å². The van der Waals surface area contributed by atoms with E-state index >= 15 is 0 Å². The number of benzene rings is 2. The highest BCUT2D eigenvalue weighted by atomic mass is 35.5.